The molecule has 1 N–H and O–H groups in total. The maximum absolute atomic E-state index is 11.1. The van der Waals surface area contributed by atoms with Gasteiger partial charge in [0.1, 0.15) is 0 Å². The fourth-order valence-corrected chi connectivity index (χ4v) is 4.08. The number of rotatable bonds is 4. The lowest BCUT2D eigenvalue weighted by Gasteiger charge is -2.32. The smallest absolute Gasteiger partial charge is 0.311 e. The van der Waals surface area contributed by atoms with Crippen molar-refractivity contribution >= 4 is 38.2 Å². The summed E-state index contributed by atoms with van der Waals surface area (Å²) in [4.78, 5) is 21.8. The number of nitrogens with zero attached hydrogens (tertiary/aromatic N) is 4. The molecular formula is C17H17N5O2S. The van der Waals surface area contributed by atoms with Crippen LogP contribution in [0.4, 0.5) is 16.6 Å². The molecule has 1 aliphatic rings. The molecule has 1 fully saturated rings. The average Bonchev–Trinajstić information content (AvgIpc) is 3.07. The summed E-state index contributed by atoms with van der Waals surface area (Å²) in [6.45, 7) is 1.75. The molecule has 1 aliphatic heterocycles. The first-order valence-electron chi connectivity index (χ1n) is 8.17. The summed E-state index contributed by atoms with van der Waals surface area (Å²) in [6.07, 6.45) is 3.36. The molecule has 1 aromatic carbocycles. The van der Waals surface area contributed by atoms with E-state index in [4.69, 9.17) is 4.98 Å². The molecule has 0 radical (unpaired) electrons. The zero-order valence-corrected chi connectivity index (χ0v) is 14.3. The van der Waals surface area contributed by atoms with Gasteiger partial charge in [-0.1, -0.05) is 23.5 Å². The molecule has 2 aromatic heterocycles. The Morgan fingerprint density at radius 3 is 2.76 bits per heavy atom. The number of thiazole rings is 1. The van der Waals surface area contributed by atoms with E-state index >= 15 is 0 Å². The second kappa shape index (κ2) is 6.64. The third-order valence-corrected chi connectivity index (χ3v) is 5.47. The van der Waals surface area contributed by atoms with Gasteiger partial charge in [-0.3, -0.25) is 10.1 Å². The monoisotopic (exact) mass is 355 g/mol. The normalized spacial score (nSPS) is 15.4. The molecule has 8 heteroatoms. The Bertz CT molecular complexity index is 872. The number of fused-ring (bicyclic) bond motifs is 1. The van der Waals surface area contributed by atoms with E-state index in [1.807, 2.05) is 18.2 Å². The quantitative estimate of drug-likeness (QED) is 0.568. The predicted molar refractivity (Wildman–Crippen MR) is 99.4 cm³/mol. The van der Waals surface area contributed by atoms with Gasteiger partial charge in [0.25, 0.3) is 0 Å². The van der Waals surface area contributed by atoms with Crippen molar-refractivity contribution in [3.8, 4) is 0 Å². The minimum absolute atomic E-state index is 0.0242. The predicted octanol–water partition coefficient (Wildman–Crippen LogP) is 3.68. The molecule has 128 valence electrons. The van der Waals surface area contributed by atoms with Crippen molar-refractivity contribution in [2.24, 2.45) is 0 Å². The zero-order valence-electron chi connectivity index (χ0n) is 13.5. The van der Waals surface area contributed by atoms with Gasteiger partial charge in [-0.15, -0.1) is 0 Å². The molecule has 25 heavy (non-hydrogen) atoms. The minimum Gasteiger partial charge on any atom is -0.361 e. The van der Waals surface area contributed by atoms with Gasteiger partial charge < -0.3 is 10.2 Å². The highest BCUT2D eigenvalue weighted by molar-refractivity contribution is 7.22. The molecule has 7 nitrogen and oxygen atoms in total. The van der Waals surface area contributed by atoms with Crippen molar-refractivity contribution < 1.29 is 4.92 Å². The van der Waals surface area contributed by atoms with E-state index in [-0.39, 0.29) is 11.7 Å². The lowest BCUT2D eigenvalue weighted by Crippen LogP contribution is -2.39. The SMILES string of the molecule is O=[N+]([O-])c1cccnc1NC1CCN(c2nc3ccccc3s2)CC1. The van der Waals surface area contributed by atoms with E-state index in [1.165, 1.54) is 10.8 Å². The molecule has 3 heterocycles. The van der Waals surface area contributed by atoms with Crippen LogP contribution in [-0.2, 0) is 0 Å². The number of piperidine rings is 1. The summed E-state index contributed by atoms with van der Waals surface area (Å²) in [5.41, 5.74) is 1.06. The van der Waals surface area contributed by atoms with Gasteiger partial charge in [-0.05, 0) is 31.0 Å². The number of nitro groups is 1. The molecule has 0 aliphatic carbocycles. The lowest BCUT2D eigenvalue weighted by atomic mass is 10.1. The van der Waals surface area contributed by atoms with Crippen LogP contribution in [0.15, 0.2) is 42.6 Å². The third-order valence-electron chi connectivity index (χ3n) is 4.37. The third kappa shape index (κ3) is 3.25. The molecule has 0 bridgehead atoms. The first kappa shape index (κ1) is 15.8. The summed E-state index contributed by atoms with van der Waals surface area (Å²) in [5, 5.41) is 15.4. The Morgan fingerprint density at radius 2 is 2.00 bits per heavy atom. The van der Waals surface area contributed by atoms with Gasteiger partial charge in [0.05, 0.1) is 15.1 Å². The molecule has 0 atom stereocenters. The van der Waals surface area contributed by atoms with Crippen LogP contribution in [0.5, 0.6) is 0 Å². The van der Waals surface area contributed by atoms with Crippen LogP contribution in [0, 0.1) is 10.1 Å². The average molecular weight is 355 g/mol. The largest absolute Gasteiger partial charge is 0.361 e. The number of hydrogen-bond donors (Lipinski definition) is 1. The van der Waals surface area contributed by atoms with Gasteiger partial charge in [-0.25, -0.2) is 9.97 Å². The first-order chi connectivity index (χ1) is 12.2. The van der Waals surface area contributed by atoms with Crippen LogP contribution in [0.3, 0.4) is 0 Å². The number of para-hydroxylation sites is 1. The van der Waals surface area contributed by atoms with Crippen molar-refractivity contribution in [2.45, 2.75) is 18.9 Å². The zero-order chi connectivity index (χ0) is 17.2. The topological polar surface area (TPSA) is 84.2 Å². The molecule has 0 saturated carbocycles. The fraction of sp³-hybridized carbons (Fsp3) is 0.294. The summed E-state index contributed by atoms with van der Waals surface area (Å²) in [5.74, 6) is 0.353. The van der Waals surface area contributed by atoms with E-state index in [0.29, 0.717) is 5.82 Å². The summed E-state index contributed by atoms with van der Waals surface area (Å²) in [7, 11) is 0. The molecule has 1 saturated heterocycles. The van der Waals surface area contributed by atoms with Crippen LogP contribution in [0.25, 0.3) is 10.2 Å². The first-order valence-corrected chi connectivity index (χ1v) is 8.99. The van der Waals surface area contributed by atoms with Gasteiger partial charge >= 0.3 is 5.69 Å². The number of hydrogen-bond acceptors (Lipinski definition) is 7. The molecule has 0 spiro atoms. The Morgan fingerprint density at radius 1 is 1.20 bits per heavy atom. The van der Waals surface area contributed by atoms with Gasteiger partial charge in [0, 0.05) is 31.4 Å². The number of anilines is 2. The van der Waals surface area contributed by atoms with Crippen molar-refractivity contribution in [1.82, 2.24) is 9.97 Å². The number of nitrogens with one attached hydrogen (secondary N) is 1. The van der Waals surface area contributed by atoms with Crippen molar-refractivity contribution in [3.05, 3.63) is 52.7 Å². The Balaban J connectivity index is 1.42. The van der Waals surface area contributed by atoms with E-state index in [0.717, 1.165) is 36.6 Å². The van der Waals surface area contributed by atoms with Gasteiger partial charge in [0.15, 0.2) is 5.13 Å². The highest BCUT2D eigenvalue weighted by Crippen LogP contribution is 2.31. The van der Waals surface area contributed by atoms with Gasteiger partial charge in [-0.2, -0.15) is 0 Å². The summed E-state index contributed by atoms with van der Waals surface area (Å²) in [6, 6.07) is 11.4. The van der Waals surface area contributed by atoms with Crippen LogP contribution in [-0.4, -0.2) is 34.0 Å². The van der Waals surface area contributed by atoms with E-state index in [9.17, 15) is 10.1 Å². The minimum atomic E-state index is -0.397. The fourth-order valence-electron chi connectivity index (χ4n) is 3.06. The van der Waals surface area contributed by atoms with E-state index in [2.05, 4.69) is 21.3 Å². The second-order valence-electron chi connectivity index (χ2n) is 6.00. The molecular weight excluding hydrogens is 338 g/mol. The van der Waals surface area contributed by atoms with Crippen LogP contribution in [0.1, 0.15) is 12.8 Å². The Kier molecular flexibility index (Phi) is 4.19. The Labute approximate surface area is 148 Å². The highest BCUT2D eigenvalue weighted by atomic mass is 32.1. The van der Waals surface area contributed by atoms with Crippen LogP contribution < -0.4 is 10.2 Å². The second-order valence-corrected chi connectivity index (χ2v) is 7.01. The molecule has 3 aromatic rings. The van der Waals surface area contributed by atoms with Crippen LogP contribution in [0.2, 0.25) is 0 Å². The number of aromatic nitrogens is 2. The van der Waals surface area contributed by atoms with E-state index in [1.54, 1.807) is 23.6 Å². The summed E-state index contributed by atoms with van der Waals surface area (Å²) >= 11 is 1.71. The number of benzene rings is 1. The molecule has 0 amide bonds. The van der Waals surface area contributed by atoms with Crippen molar-refractivity contribution in [2.75, 3.05) is 23.3 Å². The van der Waals surface area contributed by atoms with Crippen LogP contribution >= 0.6 is 11.3 Å². The van der Waals surface area contributed by atoms with E-state index < -0.39 is 4.92 Å². The van der Waals surface area contributed by atoms with Crippen molar-refractivity contribution in [1.29, 1.82) is 0 Å². The standard InChI is InChI=1S/C17H17N5O2S/c23-22(24)14-5-3-9-18-16(14)19-12-7-10-21(11-8-12)17-20-13-4-1-2-6-15(13)25-17/h1-6,9,12H,7-8,10-11H2,(H,18,19). The lowest BCUT2D eigenvalue weighted by molar-refractivity contribution is -0.384. The maximum atomic E-state index is 11.1. The maximum Gasteiger partial charge on any atom is 0.311 e. The highest BCUT2D eigenvalue weighted by Gasteiger charge is 2.24. The summed E-state index contributed by atoms with van der Waals surface area (Å²) < 4.78 is 1.20. The molecule has 4 rings (SSSR count). The Hall–Kier alpha value is -2.74. The van der Waals surface area contributed by atoms with Gasteiger partial charge in [0.2, 0.25) is 5.82 Å². The molecule has 0 unspecified atom stereocenters. The number of pyridine rings is 1. The van der Waals surface area contributed by atoms with Crippen molar-refractivity contribution in [3.63, 3.8) is 0 Å².